The molecule has 98 valence electrons. The SMILES string of the molecule is NC1(c2nccc(-c3cccc4ccccc34)n2)CC1. The van der Waals surface area contributed by atoms with Crippen LogP contribution in [0.5, 0.6) is 0 Å². The van der Waals surface area contributed by atoms with Crippen LogP contribution in [-0.2, 0) is 5.54 Å². The molecule has 3 heteroatoms. The second-order valence-electron chi connectivity index (χ2n) is 5.45. The third-order valence-electron chi connectivity index (χ3n) is 3.96. The fraction of sp³-hybridized carbons (Fsp3) is 0.176. The Morgan fingerprint density at radius 2 is 1.75 bits per heavy atom. The minimum Gasteiger partial charge on any atom is -0.319 e. The van der Waals surface area contributed by atoms with Gasteiger partial charge in [-0.05, 0) is 29.7 Å². The zero-order chi connectivity index (χ0) is 13.6. The van der Waals surface area contributed by atoms with Crippen molar-refractivity contribution in [2.45, 2.75) is 18.4 Å². The van der Waals surface area contributed by atoms with Crippen LogP contribution in [0.1, 0.15) is 18.7 Å². The molecule has 0 aliphatic heterocycles. The largest absolute Gasteiger partial charge is 0.319 e. The molecule has 0 spiro atoms. The molecule has 20 heavy (non-hydrogen) atoms. The van der Waals surface area contributed by atoms with Crippen LogP contribution in [-0.4, -0.2) is 9.97 Å². The topological polar surface area (TPSA) is 51.8 Å². The smallest absolute Gasteiger partial charge is 0.148 e. The van der Waals surface area contributed by atoms with E-state index in [1.807, 2.05) is 12.3 Å². The molecule has 1 aliphatic carbocycles. The fourth-order valence-electron chi connectivity index (χ4n) is 2.56. The van der Waals surface area contributed by atoms with Gasteiger partial charge in [0, 0.05) is 11.8 Å². The molecule has 0 radical (unpaired) electrons. The van der Waals surface area contributed by atoms with Gasteiger partial charge in [-0.3, -0.25) is 0 Å². The molecule has 0 atom stereocenters. The number of nitrogens with zero attached hydrogens (tertiary/aromatic N) is 2. The van der Waals surface area contributed by atoms with E-state index < -0.39 is 0 Å². The number of nitrogens with two attached hydrogens (primary N) is 1. The zero-order valence-corrected chi connectivity index (χ0v) is 11.1. The molecule has 0 unspecified atom stereocenters. The molecule has 0 saturated heterocycles. The fourth-order valence-corrected chi connectivity index (χ4v) is 2.56. The summed E-state index contributed by atoms with van der Waals surface area (Å²) in [4.78, 5) is 9.03. The van der Waals surface area contributed by atoms with E-state index in [1.54, 1.807) is 0 Å². The minimum atomic E-state index is -0.291. The van der Waals surface area contributed by atoms with Gasteiger partial charge in [-0.1, -0.05) is 42.5 Å². The average molecular weight is 261 g/mol. The maximum atomic E-state index is 6.20. The van der Waals surface area contributed by atoms with Gasteiger partial charge in [0.25, 0.3) is 0 Å². The second-order valence-corrected chi connectivity index (χ2v) is 5.45. The first-order valence-electron chi connectivity index (χ1n) is 6.87. The van der Waals surface area contributed by atoms with Gasteiger partial charge in [-0.15, -0.1) is 0 Å². The number of aromatic nitrogens is 2. The molecular formula is C17H15N3. The molecule has 4 rings (SSSR count). The molecule has 1 heterocycles. The Balaban J connectivity index is 1.91. The highest BCUT2D eigenvalue weighted by Crippen LogP contribution is 2.41. The van der Waals surface area contributed by atoms with Crippen LogP contribution in [0.4, 0.5) is 0 Å². The summed E-state index contributed by atoms with van der Waals surface area (Å²) in [6.07, 6.45) is 3.77. The molecule has 1 saturated carbocycles. The highest BCUT2D eigenvalue weighted by Gasteiger charge is 2.43. The predicted octanol–water partition coefficient (Wildman–Crippen LogP) is 3.24. The summed E-state index contributed by atoms with van der Waals surface area (Å²) in [5.41, 5.74) is 7.99. The van der Waals surface area contributed by atoms with Crippen LogP contribution < -0.4 is 5.73 Å². The molecule has 0 amide bonds. The maximum absolute atomic E-state index is 6.20. The van der Waals surface area contributed by atoms with Crippen LogP contribution >= 0.6 is 0 Å². The Kier molecular flexibility index (Phi) is 2.38. The Labute approximate surface area is 117 Å². The number of benzene rings is 2. The van der Waals surface area contributed by atoms with Gasteiger partial charge in [0.1, 0.15) is 5.82 Å². The first-order chi connectivity index (χ1) is 9.76. The Bertz CT molecular complexity index is 786. The second kappa shape index (κ2) is 4.12. The van der Waals surface area contributed by atoms with Crippen LogP contribution in [0.25, 0.3) is 22.0 Å². The first kappa shape index (κ1) is 11.6. The maximum Gasteiger partial charge on any atom is 0.148 e. The molecule has 2 aromatic carbocycles. The summed E-state index contributed by atoms with van der Waals surface area (Å²) in [5, 5.41) is 2.43. The van der Waals surface area contributed by atoms with Gasteiger partial charge in [0.05, 0.1) is 11.2 Å². The minimum absolute atomic E-state index is 0.291. The van der Waals surface area contributed by atoms with Crippen molar-refractivity contribution in [2.24, 2.45) is 5.73 Å². The Morgan fingerprint density at radius 3 is 2.60 bits per heavy atom. The third-order valence-corrected chi connectivity index (χ3v) is 3.96. The van der Waals surface area contributed by atoms with Crippen molar-refractivity contribution in [2.75, 3.05) is 0 Å². The standard InChI is InChI=1S/C17H15N3/c18-17(9-10-17)16-19-11-8-15(20-16)14-7-3-5-12-4-1-2-6-13(12)14/h1-8,11H,9-10,18H2. The molecule has 2 N–H and O–H groups in total. The van der Waals surface area contributed by atoms with E-state index in [0.717, 1.165) is 29.9 Å². The summed E-state index contributed by atoms with van der Waals surface area (Å²) >= 11 is 0. The van der Waals surface area contributed by atoms with Crippen molar-refractivity contribution in [3.05, 3.63) is 60.6 Å². The molecule has 3 nitrogen and oxygen atoms in total. The van der Waals surface area contributed by atoms with Crippen LogP contribution in [0, 0.1) is 0 Å². The highest BCUT2D eigenvalue weighted by atomic mass is 15.0. The van der Waals surface area contributed by atoms with Crippen LogP contribution in [0.15, 0.2) is 54.7 Å². The van der Waals surface area contributed by atoms with E-state index in [9.17, 15) is 0 Å². The first-order valence-corrected chi connectivity index (χ1v) is 6.87. The molecule has 1 fully saturated rings. The lowest BCUT2D eigenvalue weighted by molar-refractivity contribution is 0.673. The summed E-state index contributed by atoms with van der Waals surface area (Å²) in [7, 11) is 0. The molecule has 3 aromatic rings. The van der Waals surface area contributed by atoms with Crippen molar-refractivity contribution >= 4 is 10.8 Å². The molecule has 1 aromatic heterocycles. The average Bonchev–Trinajstić information content (AvgIpc) is 3.26. The normalized spacial score (nSPS) is 16.2. The van der Waals surface area contributed by atoms with Gasteiger partial charge in [-0.25, -0.2) is 9.97 Å². The van der Waals surface area contributed by atoms with Gasteiger partial charge in [-0.2, -0.15) is 0 Å². The quantitative estimate of drug-likeness (QED) is 0.770. The Hall–Kier alpha value is -2.26. The summed E-state index contributed by atoms with van der Waals surface area (Å²) in [6.45, 7) is 0. The van der Waals surface area contributed by atoms with Crippen molar-refractivity contribution in [1.29, 1.82) is 0 Å². The Morgan fingerprint density at radius 1 is 0.950 bits per heavy atom. The van der Waals surface area contributed by atoms with E-state index in [0.29, 0.717) is 0 Å². The van der Waals surface area contributed by atoms with E-state index in [2.05, 4.69) is 47.4 Å². The number of rotatable bonds is 2. The molecule has 0 bridgehead atoms. The van der Waals surface area contributed by atoms with E-state index in [1.165, 1.54) is 10.8 Å². The lowest BCUT2D eigenvalue weighted by Crippen LogP contribution is -2.22. The number of hydrogen-bond donors (Lipinski definition) is 1. The lowest BCUT2D eigenvalue weighted by atomic mass is 10.0. The monoisotopic (exact) mass is 261 g/mol. The lowest BCUT2D eigenvalue weighted by Gasteiger charge is -2.10. The van der Waals surface area contributed by atoms with Gasteiger partial charge in [0.15, 0.2) is 0 Å². The van der Waals surface area contributed by atoms with Crippen molar-refractivity contribution in [1.82, 2.24) is 9.97 Å². The number of hydrogen-bond acceptors (Lipinski definition) is 3. The van der Waals surface area contributed by atoms with E-state index in [-0.39, 0.29) is 5.54 Å². The van der Waals surface area contributed by atoms with Gasteiger partial charge >= 0.3 is 0 Å². The summed E-state index contributed by atoms with van der Waals surface area (Å²) in [5.74, 6) is 0.767. The van der Waals surface area contributed by atoms with Crippen molar-refractivity contribution in [3.63, 3.8) is 0 Å². The van der Waals surface area contributed by atoms with Gasteiger partial charge < -0.3 is 5.73 Å². The van der Waals surface area contributed by atoms with Crippen LogP contribution in [0.2, 0.25) is 0 Å². The summed E-state index contributed by atoms with van der Waals surface area (Å²) < 4.78 is 0. The molecule has 1 aliphatic rings. The zero-order valence-electron chi connectivity index (χ0n) is 11.1. The third kappa shape index (κ3) is 1.79. The van der Waals surface area contributed by atoms with Crippen LogP contribution in [0.3, 0.4) is 0 Å². The van der Waals surface area contributed by atoms with E-state index in [4.69, 9.17) is 10.7 Å². The summed E-state index contributed by atoms with van der Waals surface area (Å²) in [6, 6.07) is 16.6. The highest BCUT2D eigenvalue weighted by molar-refractivity contribution is 5.95. The van der Waals surface area contributed by atoms with Crippen molar-refractivity contribution in [3.8, 4) is 11.3 Å². The molecular weight excluding hydrogens is 246 g/mol. The van der Waals surface area contributed by atoms with Gasteiger partial charge in [0.2, 0.25) is 0 Å². The van der Waals surface area contributed by atoms with E-state index >= 15 is 0 Å². The number of fused-ring (bicyclic) bond motifs is 1. The van der Waals surface area contributed by atoms with Crippen molar-refractivity contribution < 1.29 is 0 Å². The predicted molar refractivity (Wildman–Crippen MR) is 80.1 cm³/mol.